The first-order valence-corrected chi connectivity index (χ1v) is 6.97. The highest BCUT2D eigenvalue weighted by molar-refractivity contribution is 5.60. The second-order valence-corrected chi connectivity index (χ2v) is 5.17. The van der Waals surface area contributed by atoms with Crippen LogP contribution in [0.4, 0.5) is 11.5 Å². The summed E-state index contributed by atoms with van der Waals surface area (Å²) in [6.45, 7) is 4.54. The molecular formula is C13H22N4O3. The number of ether oxygens (including phenoxy) is 1. The smallest absolute Gasteiger partial charge is 0.332 e. The van der Waals surface area contributed by atoms with Crippen molar-refractivity contribution in [3.05, 3.63) is 20.8 Å². The molecule has 20 heavy (non-hydrogen) atoms. The second-order valence-electron chi connectivity index (χ2n) is 5.17. The lowest BCUT2D eigenvalue weighted by Crippen LogP contribution is -2.41. The van der Waals surface area contributed by atoms with E-state index in [1.165, 1.54) is 11.6 Å². The summed E-state index contributed by atoms with van der Waals surface area (Å²) in [5.74, 6) is 0.601. The fraction of sp³-hybridized carbons (Fsp3) is 0.692. The zero-order valence-corrected chi connectivity index (χ0v) is 12.0. The van der Waals surface area contributed by atoms with Gasteiger partial charge in [0.25, 0.3) is 5.56 Å². The summed E-state index contributed by atoms with van der Waals surface area (Å²) in [6.07, 6.45) is 1.75. The number of nitrogen functional groups attached to an aromatic ring is 1. The summed E-state index contributed by atoms with van der Waals surface area (Å²) in [5, 5.41) is 3.09. The molecule has 1 aromatic rings. The Bertz CT molecular complexity index is 585. The van der Waals surface area contributed by atoms with Gasteiger partial charge in [-0.3, -0.25) is 13.9 Å². The van der Waals surface area contributed by atoms with Gasteiger partial charge in [0.1, 0.15) is 11.5 Å². The fourth-order valence-corrected chi connectivity index (χ4v) is 2.38. The van der Waals surface area contributed by atoms with E-state index in [4.69, 9.17) is 10.5 Å². The minimum absolute atomic E-state index is 0.221. The number of nitrogens with two attached hydrogens (primary N) is 1. The quantitative estimate of drug-likeness (QED) is 0.792. The fourth-order valence-electron chi connectivity index (χ4n) is 2.38. The number of aromatic nitrogens is 2. The summed E-state index contributed by atoms with van der Waals surface area (Å²) in [4.78, 5) is 24.2. The Kier molecular flexibility index (Phi) is 4.49. The van der Waals surface area contributed by atoms with E-state index in [1.807, 2.05) is 6.92 Å². The number of nitrogens with zero attached hydrogens (tertiary/aromatic N) is 2. The van der Waals surface area contributed by atoms with Crippen LogP contribution in [0.2, 0.25) is 0 Å². The molecule has 0 aromatic carbocycles. The first-order chi connectivity index (χ1) is 9.56. The minimum Gasteiger partial charge on any atom is -0.383 e. The van der Waals surface area contributed by atoms with E-state index in [9.17, 15) is 9.59 Å². The molecule has 1 aliphatic rings. The molecule has 0 bridgehead atoms. The molecule has 7 nitrogen and oxygen atoms in total. The van der Waals surface area contributed by atoms with Crippen LogP contribution in [0.3, 0.4) is 0 Å². The Labute approximate surface area is 117 Å². The summed E-state index contributed by atoms with van der Waals surface area (Å²) in [7, 11) is 1.47. The third kappa shape index (κ3) is 2.72. The van der Waals surface area contributed by atoms with Crippen molar-refractivity contribution >= 4 is 11.5 Å². The van der Waals surface area contributed by atoms with E-state index in [-0.39, 0.29) is 17.1 Å². The van der Waals surface area contributed by atoms with Crippen LogP contribution in [-0.2, 0) is 18.3 Å². The van der Waals surface area contributed by atoms with Gasteiger partial charge in [0, 0.05) is 32.7 Å². The molecule has 1 saturated heterocycles. The van der Waals surface area contributed by atoms with Gasteiger partial charge in [-0.25, -0.2) is 4.79 Å². The van der Waals surface area contributed by atoms with Crippen molar-refractivity contribution in [1.29, 1.82) is 0 Å². The molecule has 0 aliphatic carbocycles. The van der Waals surface area contributed by atoms with Gasteiger partial charge in [-0.05, 0) is 12.8 Å². The SMILES string of the molecule is CCCn1c(N)c(NCC2CCOC2)c(=O)n(C)c1=O. The molecule has 0 spiro atoms. The van der Waals surface area contributed by atoms with Gasteiger partial charge in [-0.15, -0.1) is 0 Å². The molecule has 1 atom stereocenters. The molecule has 2 rings (SSSR count). The third-order valence-corrected chi connectivity index (χ3v) is 3.62. The zero-order chi connectivity index (χ0) is 14.7. The van der Waals surface area contributed by atoms with Crippen LogP contribution in [0.15, 0.2) is 9.59 Å². The normalized spacial score (nSPS) is 18.4. The molecule has 2 heterocycles. The van der Waals surface area contributed by atoms with E-state index in [1.54, 1.807) is 0 Å². The van der Waals surface area contributed by atoms with E-state index in [0.29, 0.717) is 31.3 Å². The molecule has 0 amide bonds. The molecule has 1 aliphatic heterocycles. The predicted octanol–water partition coefficient (Wildman–Crippen LogP) is -0.0124. The number of anilines is 2. The van der Waals surface area contributed by atoms with Crippen molar-refractivity contribution < 1.29 is 4.74 Å². The van der Waals surface area contributed by atoms with Crippen LogP contribution >= 0.6 is 0 Å². The Hall–Kier alpha value is -1.76. The maximum absolute atomic E-state index is 12.1. The standard InChI is InChI=1S/C13H22N4O3/c1-3-5-17-11(14)10(12(18)16(2)13(17)19)15-7-9-4-6-20-8-9/h9,15H,3-8,14H2,1-2H3. The third-order valence-electron chi connectivity index (χ3n) is 3.62. The number of hydrogen-bond donors (Lipinski definition) is 2. The maximum Gasteiger partial charge on any atom is 0.332 e. The summed E-state index contributed by atoms with van der Waals surface area (Å²) >= 11 is 0. The molecule has 112 valence electrons. The minimum atomic E-state index is -0.376. The van der Waals surface area contributed by atoms with Crippen molar-refractivity contribution in [3.63, 3.8) is 0 Å². The first-order valence-electron chi connectivity index (χ1n) is 6.97. The second kappa shape index (κ2) is 6.13. The zero-order valence-electron chi connectivity index (χ0n) is 12.0. The Balaban J connectivity index is 2.31. The number of hydrogen-bond acceptors (Lipinski definition) is 5. The number of nitrogens with one attached hydrogen (secondary N) is 1. The van der Waals surface area contributed by atoms with Gasteiger partial charge in [-0.2, -0.15) is 0 Å². The molecule has 3 N–H and O–H groups in total. The highest BCUT2D eigenvalue weighted by Crippen LogP contribution is 2.16. The van der Waals surface area contributed by atoms with Crippen LogP contribution in [0.25, 0.3) is 0 Å². The highest BCUT2D eigenvalue weighted by atomic mass is 16.5. The molecule has 0 radical (unpaired) electrons. The van der Waals surface area contributed by atoms with Crippen molar-refractivity contribution in [2.45, 2.75) is 26.3 Å². The van der Waals surface area contributed by atoms with Gasteiger partial charge in [0.15, 0.2) is 0 Å². The van der Waals surface area contributed by atoms with Gasteiger partial charge < -0.3 is 15.8 Å². The van der Waals surface area contributed by atoms with E-state index >= 15 is 0 Å². The van der Waals surface area contributed by atoms with Gasteiger partial charge >= 0.3 is 5.69 Å². The molecule has 1 fully saturated rings. The van der Waals surface area contributed by atoms with E-state index < -0.39 is 0 Å². The topological polar surface area (TPSA) is 91.3 Å². The first kappa shape index (κ1) is 14.6. The van der Waals surface area contributed by atoms with Crippen LogP contribution in [0.5, 0.6) is 0 Å². The predicted molar refractivity (Wildman–Crippen MR) is 78.1 cm³/mol. The van der Waals surface area contributed by atoms with Gasteiger partial charge in [-0.1, -0.05) is 6.92 Å². The van der Waals surface area contributed by atoms with Crippen LogP contribution in [-0.4, -0.2) is 28.9 Å². The van der Waals surface area contributed by atoms with Crippen LogP contribution in [0.1, 0.15) is 19.8 Å². The average Bonchev–Trinajstić information content (AvgIpc) is 2.94. The van der Waals surface area contributed by atoms with Crippen molar-refractivity contribution in [1.82, 2.24) is 9.13 Å². The van der Waals surface area contributed by atoms with E-state index in [0.717, 1.165) is 24.0 Å². The lowest BCUT2D eigenvalue weighted by atomic mass is 10.1. The Morgan fingerprint density at radius 3 is 2.80 bits per heavy atom. The maximum atomic E-state index is 12.1. The lowest BCUT2D eigenvalue weighted by molar-refractivity contribution is 0.187. The number of rotatable bonds is 5. The summed E-state index contributed by atoms with van der Waals surface area (Å²) in [6, 6.07) is 0. The largest absolute Gasteiger partial charge is 0.383 e. The molecular weight excluding hydrogens is 260 g/mol. The average molecular weight is 282 g/mol. The van der Waals surface area contributed by atoms with Crippen molar-refractivity contribution in [3.8, 4) is 0 Å². The summed E-state index contributed by atoms with van der Waals surface area (Å²) < 4.78 is 7.84. The monoisotopic (exact) mass is 282 g/mol. The Morgan fingerprint density at radius 1 is 1.45 bits per heavy atom. The molecule has 7 heteroatoms. The highest BCUT2D eigenvalue weighted by Gasteiger charge is 2.19. The van der Waals surface area contributed by atoms with Gasteiger partial charge in [0.05, 0.1) is 6.61 Å². The molecule has 1 aromatic heterocycles. The van der Waals surface area contributed by atoms with Crippen LogP contribution in [0, 0.1) is 5.92 Å². The van der Waals surface area contributed by atoms with Gasteiger partial charge in [0.2, 0.25) is 0 Å². The summed E-state index contributed by atoms with van der Waals surface area (Å²) in [5.41, 5.74) is 5.55. The van der Waals surface area contributed by atoms with Crippen molar-refractivity contribution in [2.75, 3.05) is 30.8 Å². The molecule has 1 unspecified atom stereocenters. The molecule has 0 saturated carbocycles. The van der Waals surface area contributed by atoms with E-state index in [2.05, 4.69) is 5.32 Å². The lowest BCUT2D eigenvalue weighted by Gasteiger charge is -2.17. The van der Waals surface area contributed by atoms with Crippen LogP contribution < -0.4 is 22.3 Å². The van der Waals surface area contributed by atoms with Crippen molar-refractivity contribution in [2.24, 2.45) is 13.0 Å². The Morgan fingerprint density at radius 2 is 2.20 bits per heavy atom.